The van der Waals surface area contributed by atoms with Crippen molar-refractivity contribution in [2.45, 2.75) is 38.9 Å². The SMILES string of the molecule is CC(C)(C)OC(=O)N1CC[C@@H](Oc2nccnc2Cl)C1. The third-order valence-electron chi connectivity index (χ3n) is 2.70. The molecular formula is C13H18ClN3O3. The molecule has 6 nitrogen and oxygen atoms in total. The summed E-state index contributed by atoms with van der Waals surface area (Å²) in [5, 5.41) is 0.225. The number of hydrogen-bond acceptors (Lipinski definition) is 5. The minimum Gasteiger partial charge on any atom is -0.470 e. The summed E-state index contributed by atoms with van der Waals surface area (Å²) in [4.78, 5) is 21.5. The quantitative estimate of drug-likeness (QED) is 0.839. The Bertz CT molecular complexity index is 490. The van der Waals surface area contributed by atoms with E-state index in [1.807, 2.05) is 20.8 Å². The molecule has 1 saturated heterocycles. The van der Waals surface area contributed by atoms with Gasteiger partial charge in [-0.3, -0.25) is 0 Å². The molecule has 1 amide bonds. The maximum absolute atomic E-state index is 11.9. The van der Waals surface area contributed by atoms with Crippen molar-refractivity contribution in [3.8, 4) is 5.88 Å². The van der Waals surface area contributed by atoms with Crippen LogP contribution in [0.2, 0.25) is 5.15 Å². The van der Waals surface area contributed by atoms with E-state index in [1.165, 1.54) is 12.4 Å². The normalized spacial score (nSPS) is 19.0. The molecule has 20 heavy (non-hydrogen) atoms. The summed E-state index contributed by atoms with van der Waals surface area (Å²) in [5.74, 6) is 0.296. The van der Waals surface area contributed by atoms with Gasteiger partial charge in [-0.2, -0.15) is 0 Å². The van der Waals surface area contributed by atoms with Gasteiger partial charge in [0.05, 0.1) is 6.54 Å². The lowest BCUT2D eigenvalue weighted by molar-refractivity contribution is 0.0275. The predicted octanol–water partition coefficient (Wildman–Crippen LogP) is 2.52. The number of nitrogens with zero attached hydrogens (tertiary/aromatic N) is 3. The largest absolute Gasteiger partial charge is 0.470 e. The summed E-state index contributed by atoms with van der Waals surface area (Å²) >= 11 is 5.88. The van der Waals surface area contributed by atoms with Crippen molar-refractivity contribution in [2.75, 3.05) is 13.1 Å². The van der Waals surface area contributed by atoms with Crippen molar-refractivity contribution in [1.29, 1.82) is 0 Å². The van der Waals surface area contributed by atoms with Crippen LogP contribution in [0.15, 0.2) is 12.4 Å². The van der Waals surface area contributed by atoms with E-state index >= 15 is 0 Å². The zero-order valence-corrected chi connectivity index (χ0v) is 12.6. The Morgan fingerprint density at radius 2 is 2.10 bits per heavy atom. The van der Waals surface area contributed by atoms with E-state index in [0.29, 0.717) is 25.4 Å². The highest BCUT2D eigenvalue weighted by atomic mass is 35.5. The lowest BCUT2D eigenvalue weighted by Crippen LogP contribution is -2.36. The van der Waals surface area contributed by atoms with Gasteiger partial charge in [0.2, 0.25) is 0 Å². The molecule has 0 unspecified atom stereocenters. The van der Waals surface area contributed by atoms with E-state index < -0.39 is 5.60 Å². The number of carbonyl (C=O) groups is 1. The van der Waals surface area contributed by atoms with Crippen LogP contribution in [0, 0.1) is 0 Å². The van der Waals surface area contributed by atoms with E-state index in [2.05, 4.69) is 9.97 Å². The Kier molecular flexibility index (Phi) is 4.32. The van der Waals surface area contributed by atoms with Gasteiger partial charge in [0.25, 0.3) is 5.88 Å². The molecule has 0 aromatic carbocycles. The Morgan fingerprint density at radius 1 is 1.40 bits per heavy atom. The summed E-state index contributed by atoms with van der Waals surface area (Å²) < 4.78 is 11.0. The van der Waals surface area contributed by atoms with Crippen LogP contribution in [-0.2, 0) is 4.74 Å². The summed E-state index contributed by atoms with van der Waals surface area (Å²) in [6.07, 6.45) is 3.26. The van der Waals surface area contributed by atoms with Gasteiger partial charge in [-0.25, -0.2) is 14.8 Å². The van der Waals surface area contributed by atoms with Gasteiger partial charge in [-0.1, -0.05) is 11.6 Å². The molecule has 0 spiro atoms. The fraction of sp³-hybridized carbons (Fsp3) is 0.615. The van der Waals surface area contributed by atoms with Crippen molar-refractivity contribution in [3.63, 3.8) is 0 Å². The number of likely N-dealkylation sites (tertiary alicyclic amines) is 1. The predicted molar refractivity (Wildman–Crippen MR) is 73.9 cm³/mol. The minimum absolute atomic E-state index is 0.142. The second-order valence-electron chi connectivity index (χ2n) is 5.61. The van der Waals surface area contributed by atoms with E-state index in [0.717, 1.165) is 0 Å². The highest BCUT2D eigenvalue weighted by Gasteiger charge is 2.31. The average molecular weight is 300 g/mol. The zero-order chi connectivity index (χ0) is 14.8. The monoisotopic (exact) mass is 299 g/mol. The molecule has 1 atom stereocenters. The van der Waals surface area contributed by atoms with E-state index in [4.69, 9.17) is 21.1 Å². The van der Waals surface area contributed by atoms with E-state index in [1.54, 1.807) is 4.90 Å². The Hall–Kier alpha value is -1.56. The number of halogens is 1. The van der Waals surface area contributed by atoms with Crippen molar-refractivity contribution in [2.24, 2.45) is 0 Å². The standard InChI is InChI=1S/C13H18ClN3O3/c1-13(2,3)20-12(18)17-7-4-9(8-17)19-11-10(14)15-5-6-16-11/h5-6,9H,4,7-8H2,1-3H3/t9-/m1/s1. The topological polar surface area (TPSA) is 64.5 Å². The lowest BCUT2D eigenvalue weighted by Gasteiger charge is -2.24. The highest BCUT2D eigenvalue weighted by molar-refractivity contribution is 6.30. The van der Waals surface area contributed by atoms with Gasteiger partial charge in [0, 0.05) is 25.4 Å². The Morgan fingerprint density at radius 3 is 2.75 bits per heavy atom. The molecule has 0 bridgehead atoms. The van der Waals surface area contributed by atoms with Crippen LogP contribution >= 0.6 is 11.6 Å². The molecule has 1 aliphatic heterocycles. The molecule has 0 radical (unpaired) electrons. The van der Waals surface area contributed by atoms with Crippen LogP contribution in [-0.4, -0.2) is 45.8 Å². The van der Waals surface area contributed by atoms with Crippen LogP contribution < -0.4 is 4.74 Å². The molecule has 110 valence electrons. The maximum atomic E-state index is 11.9. The van der Waals surface area contributed by atoms with Gasteiger partial charge >= 0.3 is 6.09 Å². The minimum atomic E-state index is -0.496. The zero-order valence-electron chi connectivity index (χ0n) is 11.8. The number of ether oxygens (including phenoxy) is 2. The van der Waals surface area contributed by atoms with Crippen molar-refractivity contribution < 1.29 is 14.3 Å². The second-order valence-corrected chi connectivity index (χ2v) is 5.97. The molecule has 0 N–H and O–H groups in total. The van der Waals surface area contributed by atoms with Crippen LogP contribution in [0.1, 0.15) is 27.2 Å². The van der Waals surface area contributed by atoms with Gasteiger partial charge < -0.3 is 14.4 Å². The van der Waals surface area contributed by atoms with Gasteiger partial charge in [0.1, 0.15) is 11.7 Å². The fourth-order valence-electron chi connectivity index (χ4n) is 1.86. The maximum Gasteiger partial charge on any atom is 0.410 e. The average Bonchev–Trinajstić information content (AvgIpc) is 2.79. The first kappa shape index (κ1) is 14.8. The molecule has 1 aromatic rings. The summed E-state index contributed by atoms with van der Waals surface area (Å²) in [6.45, 7) is 6.58. The molecule has 1 fully saturated rings. The molecule has 0 aliphatic carbocycles. The Labute approximate surface area is 123 Å². The first-order valence-electron chi connectivity index (χ1n) is 6.46. The molecule has 2 rings (SSSR count). The van der Waals surface area contributed by atoms with Crippen molar-refractivity contribution in [1.82, 2.24) is 14.9 Å². The van der Waals surface area contributed by atoms with Gasteiger partial charge in [-0.05, 0) is 20.8 Å². The number of rotatable bonds is 2. The van der Waals surface area contributed by atoms with Gasteiger partial charge in [-0.15, -0.1) is 0 Å². The molecule has 1 aromatic heterocycles. The fourth-order valence-corrected chi connectivity index (χ4v) is 2.01. The highest BCUT2D eigenvalue weighted by Crippen LogP contribution is 2.23. The molecule has 0 saturated carbocycles. The van der Waals surface area contributed by atoms with Crippen LogP contribution in [0.25, 0.3) is 0 Å². The number of hydrogen-bond donors (Lipinski definition) is 0. The first-order chi connectivity index (χ1) is 9.35. The lowest BCUT2D eigenvalue weighted by atomic mass is 10.2. The third kappa shape index (κ3) is 3.96. The summed E-state index contributed by atoms with van der Waals surface area (Å²) in [7, 11) is 0. The molecule has 1 aliphatic rings. The van der Waals surface area contributed by atoms with E-state index in [9.17, 15) is 4.79 Å². The van der Waals surface area contributed by atoms with Crippen LogP contribution in [0.4, 0.5) is 4.79 Å². The number of aromatic nitrogens is 2. The Balaban J connectivity index is 1.90. The number of amides is 1. The second kappa shape index (κ2) is 5.83. The molecule has 7 heteroatoms. The summed E-state index contributed by atoms with van der Waals surface area (Å²) in [6, 6.07) is 0. The van der Waals surface area contributed by atoms with Gasteiger partial charge in [0.15, 0.2) is 5.15 Å². The summed E-state index contributed by atoms with van der Waals surface area (Å²) in [5.41, 5.74) is -0.496. The van der Waals surface area contributed by atoms with Crippen molar-refractivity contribution in [3.05, 3.63) is 17.5 Å². The molecule has 2 heterocycles. The molecular weight excluding hydrogens is 282 g/mol. The third-order valence-corrected chi connectivity index (χ3v) is 2.96. The number of carbonyl (C=O) groups excluding carboxylic acids is 1. The van der Waals surface area contributed by atoms with Crippen LogP contribution in [0.5, 0.6) is 5.88 Å². The first-order valence-corrected chi connectivity index (χ1v) is 6.84. The van der Waals surface area contributed by atoms with Crippen molar-refractivity contribution >= 4 is 17.7 Å². The smallest absolute Gasteiger partial charge is 0.410 e. The van der Waals surface area contributed by atoms with Crippen LogP contribution in [0.3, 0.4) is 0 Å². The van der Waals surface area contributed by atoms with E-state index in [-0.39, 0.29) is 17.4 Å².